The summed E-state index contributed by atoms with van der Waals surface area (Å²) >= 11 is 0. The third-order valence-corrected chi connectivity index (χ3v) is 10.1. The van der Waals surface area contributed by atoms with E-state index in [0.29, 0.717) is 49.2 Å². The van der Waals surface area contributed by atoms with Crippen molar-refractivity contribution in [2.24, 2.45) is 5.92 Å². The van der Waals surface area contributed by atoms with Crippen molar-refractivity contribution in [1.29, 1.82) is 0 Å². The molecule has 2 atom stereocenters. The molecule has 2 aliphatic rings. The summed E-state index contributed by atoms with van der Waals surface area (Å²) in [5.74, 6) is -0.427. The number of para-hydroxylation sites is 1. The Balaban J connectivity index is 1.38. The Morgan fingerprint density at radius 1 is 1.13 bits per heavy atom. The Labute approximate surface area is 272 Å². The zero-order chi connectivity index (χ0) is 33.2. The van der Waals surface area contributed by atoms with E-state index in [1.54, 1.807) is 34.0 Å². The van der Waals surface area contributed by atoms with E-state index in [0.717, 1.165) is 30.1 Å². The fourth-order valence-corrected chi connectivity index (χ4v) is 6.84. The molecule has 2 aromatic heterocycles. The zero-order valence-electron chi connectivity index (χ0n) is 28.1. The number of nitrogens with zero attached hydrogens (tertiary/aromatic N) is 5. The minimum absolute atomic E-state index is 0.106. The van der Waals surface area contributed by atoms with Crippen molar-refractivity contribution in [2.75, 3.05) is 36.5 Å². The van der Waals surface area contributed by atoms with Crippen molar-refractivity contribution in [3.8, 4) is 11.3 Å². The quantitative estimate of drug-likeness (QED) is 0.201. The molecule has 5 rings (SSSR count). The summed E-state index contributed by atoms with van der Waals surface area (Å²) in [6, 6.07) is 9.34. The number of carbonyl (C=O) groups is 2. The number of fused-ring (bicyclic) bond motifs is 1. The van der Waals surface area contributed by atoms with Crippen molar-refractivity contribution in [3.05, 3.63) is 60.1 Å². The molecule has 46 heavy (non-hydrogen) atoms. The molecule has 12 heteroatoms. The van der Waals surface area contributed by atoms with Gasteiger partial charge in [-0.1, -0.05) is 25.7 Å². The molecule has 0 aliphatic carbocycles. The van der Waals surface area contributed by atoms with Gasteiger partial charge in [-0.2, -0.15) is 0 Å². The van der Waals surface area contributed by atoms with Crippen LogP contribution in [-0.4, -0.2) is 77.4 Å². The number of hydrogen-bond acceptors (Lipinski definition) is 7. The fourth-order valence-electron chi connectivity index (χ4n) is 6.09. The minimum atomic E-state index is -1.30. The monoisotopic (exact) mass is 650 g/mol. The van der Waals surface area contributed by atoms with Gasteiger partial charge < -0.3 is 29.2 Å². The molecule has 248 valence electrons. The average molecular weight is 651 g/mol. The number of ether oxygens (including phenoxy) is 2. The first-order chi connectivity index (χ1) is 21.7. The smallest absolute Gasteiger partial charge is 0.410 e. The summed E-state index contributed by atoms with van der Waals surface area (Å²) in [6.45, 7) is 16.7. The fraction of sp³-hybridized carbons (Fsp3) is 0.529. The van der Waals surface area contributed by atoms with Gasteiger partial charge in [0, 0.05) is 58.0 Å². The molecule has 0 saturated carbocycles. The van der Waals surface area contributed by atoms with Gasteiger partial charge in [0.1, 0.15) is 18.1 Å². The van der Waals surface area contributed by atoms with Crippen LogP contribution < -0.4 is 10.2 Å². The van der Waals surface area contributed by atoms with Crippen LogP contribution in [0.2, 0.25) is 25.7 Å². The second-order valence-electron chi connectivity index (χ2n) is 14.6. The topological polar surface area (TPSA) is 102 Å². The van der Waals surface area contributed by atoms with E-state index in [4.69, 9.17) is 14.5 Å². The van der Waals surface area contributed by atoms with Crippen LogP contribution in [0.25, 0.3) is 11.3 Å². The van der Waals surface area contributed by atoms with Crippen LogP contribution in [0, 0.1) is 18.7 Å². The molecule has 10 nitrogen and oxygen atoms in total. The van der Waals surface area contributed by atoms with Gasteiger partial charge in [0.2, 0.25) is 5.82 Å². The number of pyridine rings is 1. The molecule has 2 unspecified atom stereocenters. The van der Waals surface area contributed by atoms with E-state index in [1.165, 1.54) is 6.07 Å². The van der Waals surface area contributed by atoms with E-state index in [9.17, 15) is 9.59 Å². The summed E-state index contributed by atoms with van der Waals surface area (Å²) in [5.41, 5.74) is 2.34. The number of piperidine rings is 1. The van der Waals surface area contributed by atoms with Crippen LogP contribution in [0.15, 0.2) is 42.7 Å². The third kappa shape index (κ3) is 8.14. The SMILES string of the molecule is Cc1cc(-c2cn(COCC[Si](C)(C)C)c(C(=O)Nc3cccc(F)c3N3CCC4CCN(C(=O)OC(C)(C)C)C4C3)n2)ccn1. The molecule has 0 bridgehead atoms. The van der Waals surface area contributed by atoms with Gasteiger partial charge in [-0.05, 0) is 76.8 Å². The van der Waals surface area contributed by atoms with Gasteiger partial charge >= 0.3 is 6.09 Å². The number of imidazole rings is 1. The van der Waals surface area contributed by atoms with Crippen molar-refractivity contribution in [3.63, 3.8) is 0 Å². The molecule has 0 radical (unpaired) electrons. The molecule has 4 heterocycles. The standard InChI is InChI=1S/C34H47FN6O4Si/c1-23-19-25(11-14-36-23)28-20-40(22-44-17-18-46(5,6)7)31(37-28)32(42)38-27-10-8-9-26(35)30(27)39-15-12-24-13-16-41(29(24)21-39)33(43)45-34(2,3)4/h8-11,14,19-20,24,29H,12-13,15-18,21-22H2,1-7H3,(H,38,42). The highest BCUT2D eigenvalue weighted by Gasteiger charge is 2.43. The second kappa shape index (κ2) is 13.5. The molecule has 1 N–H and O–H groups in total. The van der Waals surface area contributed by atoms with Crippen molar-refractivity contribution >= 4 is 31.4 Å². The first kappa shape index (κ1) is 33.6. The number of amides is 2. The van der Waals surface area contributed by atoms with Crippen molar-refractivity contribution in [1.82, 2.24) is 19.4 Å². The van der Waals surface area contributed by atoms with Crippen LogP contribution in [0.1, 0.15) is 49.9 Å². The molecule has 2 saturated heterocycles. The minimum Gasteiger partial charge on any atom is -0.444 e. The number of halogens is 1. The van der Waals surface area contributed by atoms with Crippen LogP contribution in [0.4, 0.5) is 20.6 Å². The number of aryl methyl sites for hydroxylation is 1. The molecule has 2 amide bonds. The summed E-state index contributed by atoms with van der Waals surface area (Å²) < 4.78 is 29.0. The number of rotatable bonds is 9. The Kier molecular flexibility index (Phi) is 9.88. The predicted molar refractivity (Wildman–Crippen MR) is 180 cm³/mol. The molecular weight excluding hydrogens is 603 g/mol. The van der Waals surface area contributed by atoms with Gasteiger partial charge in [-0.3, -0.25) is 9.78 Å². The lowest BCUT2D eigenvalue weighted by Gasteiger charge is -2.40. The number of hydrogen-bond donors (Lipinski definition) is 1. The lowest BCUT2D eigenvalue weighted by molar-refractivity contribution is 0.0203. The first-order valence-corrected chi connectivity index (χ1v) is 19.8. The first-order valence-electron chi connectivity index (χ1n) is 16.1. The Morgan fingerprint density at radius 3 is 2.61 bits per heavy atom. The lowest BCUT2D eigenvalue weighted by Crippen LogP contribution is -2.51. The van der Waals surface area contributed by atoms with Crippen molar-refractivity contribution < 1.29 is 23.5 Å². The molecule has 2 aliphatic heterocycles. The summed E-state index contributed by atoms with van der Waals surface area (Å²) in [4.78, 5) is 39.6. The molecule has 0 spiro atoms. The predicted octanol–water partition coefficient (Wildman–Crippen LogP) is 6.79. The maximum Gasteiger partial charge on any atom is 0.410 e. The lowest BCUT2D eigenvalue weighted by atomic mass is 9.91. The van der Waals surface area contributed by atoms with Crippen molar-refractivity contribution in [2.45, 2.75) is 84.6 Å². The number of likely N-dealkylation sites (tertiary alicyclic amines) is 1. The zero-order valence-corrected chi connectivity index (χ0v) is 29.1. The van der Waals surface area contributed by atoms with E-state index < -0.39 is 25.4 Å². The van der Waals surface area contributed by atoms with Crippen LogP contribution in [0.3, 0.4) is 0 Å². The number of benzene rings is 1. The van der Waals surface area contributed by atoms with E-state index in [-0.39, 0.29) is 24.7 Å². The summed E-state index contributed by atoms with van der Waals surface area (Å²) in [7, 11) is -1.30. The maximum atomic E-state index is 15.6. The van der Waals surface area contributed by atoms with Gasteiger partial charge in [-0.25, -0.2) is 14.2 Å². The average Bonchev–Trinajstić information content (AvgIpc) is 3.59. The Hall–Kier alpha value is -3.77. The van der Waals surface area contributed by atoms with Gasteiger partial charge in [-0.15, -0.1) is 0 Å². The van der Waals surface area contributed by atoms with Gasteiger partial charge in [0.25, 0.3) is 5.91 Å². The summed E-state index contributed by atoms with van der Waals surface area (Å²) in [5, 5.41) is 2.95. The van der Waals surface area contributed by atoms with Gasteiger partial charge in [0.05, 0.1) is 23.1 Å². The van der Waals surface area contributed by atoms with Gasteiger partial charge in [0.15, 0.2) is 0 Å². The maximum absolute atomic E-state index is 15.6. The highest BCUT2D eigenvalue weighted by Crippen LogP contribution is 2.38. The Morgan fingerprint density at radius 2 is 1.89 bits per heavy atom. The second-order valence-corrected chi connectivity index (χ2v) is 20.2. The largest absolute Gasteiger partial charge is 0.444 e. The van der Waals surface area contributed by atoms with E-state index in [1.807, 2.05) is 44.7 Å². The normalized spacial score (nSPS) is 18.4. The molecule has 2 fully saturated rings. The van der Waals surface area contributed by atoms with Crippen LogP contribution in [0.5, 0.6) is 0 Å². The number of aromatic nitrogens is 3. The number of nitrogens with one attached hydrogen (secondary N) is 1. The highest BCUT2D eigenvalue weighted by atomic mass is 28.3. The van der Waals surface area contributed by atoms with E-state index in [2.05, 4.69) is 29.9 Å². The van der Waals surface area contributed by atoms with Crippen LogP contribution in [-0.2, 0) is 16.2 Å². The summed E-state index contributed by atoms with van der Waals surface area (Å²) in [6.07, 6.45) is 4.87. The number of anilines is 2. The van der Waals surface area contributed by atoms with E-state index >= 15 is 4.39 Å². The molecule has 1 aromatic carbocycles. The Bertz CT molecular complexity index is 1570. The third-order valence-electron chi connectivity index (χ3n) is 8.44. The van der Waals surface area contributed by atoms with Crippen LogP contribution >= 0.6 is 0 Å². The number of carbonyl (C=O) groups excluding carboxylic acids is 2. The molecule has 3 aromatic rings. The highest BCUT2D eigenvalue weighted by molar-refractivity contribution is 6.76. The molecular formula is C34H47FN6O4Si.